The SMILES string of the molecule is CC(=O)NC1CC(C)O[C@@H](C(C)C)[C@@H]1O. The molecule has 4 atom stereocenters. The van der Waals surface area contributed by atoms with Gasteiger partial charge in [-0.05, 0) is 19.3 Å². The maximum atomic E-state index is 11.0. The molecule has 0 bridgehead atoms. The van der Waals surface area contributed by atoms with Gasteiger partial charge in [-0.25, -0.2) is 0 Å². The highest BCUT2D eigenvalue weighted by Crippen LogP contribution is 2.24. The third kappa shape index (κ3) is 3.18. The van der Waals surface area contributed by atoms with E-state index in [1.54, 1.807) is 0 Å². The summed E-state index contributed by atoms with van der Waals surface area (Å²) in [4.78, 5) is 11.0. The molecule has 1 heterocycles. The van der Waals surface area contributed by atoms with Gasteiger partial charge in [0.05, 0.1) is 18.2 Å². The van der Waals surface area contributed by atoms with Crippen LogP contribution < -0.4 is 5.32 Å². The fourth-order valence-electron chi connectivity index (χ4n) is 2.09. The quantitative estimate of drug-likeness (QED) is 0.712. The molecule has 0 aromatic carbocycles. The Bertz CT molecular complexity index is 230. The van der Waals surface area contributed by atoms with Crippen LogP contribution in [-0.2, 0) is 9.53 Å². The summed E-state index contributed by atoms with van der Waals surface area (Å²) in [5.74, 6) is 0.148. The normalized spacial score (nSPS) is 36.7. The minimum Gasteiger partial charge on any atom is -0.388 e. The van der Waals surface area contributed by atoms with Gasteiger partial charge in [-0.1, -0.05) is 13.8 Å². The van der Waals surface area contributed by atoms with Crippen molar-refractivity contribution in [3.8, 4) is 0 Å². The smallest absolute Gasteiger partial charge is 0.217 e. The van der Waals surface area contributed by atoms with E-state index in [4.69, 9.17) is 4.74 Å². The van der Waals surface area contributed by atoms with E-state index in [9.17, 15) is 9.90 Å². The Kier molecular flexibility index (Phi) is 4.11. The summed E-state index contributed by atoms with van der Waals surface area (Å²) in [5, 5.41) is 12.8. The number of amides is 1. The van der Waals surface area contributed by atoms with Crippen LogP contribution in [-0.4, -0.2) is 35.4 Å². The van der Waals surface area contributed by atoms with Crippen molar-refractivity contribution in [1.82, 2.24) is 5.32 Å². The number of rotatable bonds is 2. The van der Waals surface area contributed by atoms with Crippen molar-refractivity contribution in [2.75, 3.05) is 0 Å². The van der Waals surface area contributed by atoms with E-state index >= 15 is 0 Å². The molecule has 1 aliphatic heterocycles. The van der Waals surface area contributed by atoms with E-state index in [1.807, 2.05) is 20.8 Å². The Morgan fingerprint density at radius 2 is 2.13 bits per heavy atom. The number of aliphatic hydroxyl groups excluding tert-OH is 1. The van der Waals surface area contributed by atoms with Crippen molar-refractivity contribution in [2.45, 2.75) is 58.5 Å². The molecular weight excluding hydrogens is 194 g/mol. The third-order valence-electron chi connectivity index (χ3n) is 2.77. The maximum absolute atomic E-state index is 11.0. The first-order valence-corrected chi connectivity index (χ1v) is 5.52. The first-order chi connectivity index (χ1) is 6.91. The molecule has 0 saturated carbocycles. The number of nitrogens with one attached hydrogen (secondary N) is 1. The molecule has 2 unspecified atom stereocenters. The first kappa shape index (κ1) is 12.5. The monoisotopic (exact) mass is 215 g/mol. The second kappa shape index (κ2) is 4.94. The molecule has 0 aromatic rings. The van der Waals surface area contributed by atoms with Crippen molar-refractivity contribution in [1.29, 1.82) is 0 Å². The van der Waals surface area contributed by atoms with Gasteiger partial charge in [0.2, 0.25) is 5.91 Å². The Balaban J connectivity index is 2.67. The second-order valence-corrected chi connectivity index (χ2v) is 4.69. The highest BCUT2D eigenvalue weighted by molar-refractivity contribution is 5.73. The van der Waals surface area contributed by atoms with Gasteiger partial charge in [0, 0.05) is 6.92 Å². The fourth-order valence-corrected chi connectivity index (χ4v) is 2.09. The van der Waals surface area contributed by atoms with Gasteiger partial charge in [-0.3, -0.25) is 4.79 Å². The van der Waals surface area contributed by atoms with Crippen molar-refractivity contribution in [3.63, 3.8) is 0 Å². The van der Waals surface area contributed by atoms with E-state index in [2.05, 4.69) is 5.32 Å². The van der Waals surface area contributed by atoms with Crippen LogP contribution >= 0.6 is 0 Å². The van der Waals surface area contributed by atoms with Crippen LogP contribution in [0, 0.1) is 5.92 Å². The topological polar surface area (TPSA) is 58.6 Å². The lowest BCUT2D eigenvalue weighted by molar-refractivity contribution is -0.148. The van der Waals surface area contributed by atoms with Crippen LogP contribution in [0.15, 0.2) is 0 Å². The summed E-state index contributed by atoms with van der Waals surface area (Å²) in [7, 11) is 0. The third-order valence-corrected chi connectivity index (χ3v) is 2.77. The second-order valence-electron chi connectivity index (χ2n) is 4.69. The summed E-state index contributed by atoms with van der Waals surface area (Å²) in [5.41, 5.74) is 0. The molecule has 4 nitrogen and oxygen atoms in total. The zero-order valence-electron chi connectivity index (χ0n) is 9.86. The van der Waals surface area contributed by atoms with Gasteiger partial charge in [0.1, 0.15) is 6.10 Å². The van der Waals surface area contributed by atoms with Crippen LogP contribution in [0.3, 0.4) is 0 Å². The molecule has 15 heavy (non-hydrogen) atoms. The van der Waals surface area contributed by atoms with Crippen LogP contribution in [0.25, 0.3) is 0 Å². The van der Waals surface area contributed by atoms with Gasteiger partial charge in [0.15, 0.2) is 0 Å². The molecule has 1 rings (SSSR count). The summed E-state index contributed by atoms with van der Waals surface area (Å²) in [6.45, 7) is 7.46. The lowest BCUT2D eigenvalue weighted by atomic mass is 9.90. The lowest BCUT2D eigenvalue weighted by Crippen LogP contribution is -2.56. The molecule has 1 fully saturated rings. The predicted molar refractivity (Wildman–Crippen MR) is 57.4 cm³/mol. The Morgan fingerprint density at radius 1 is 1.53 bits per heavy atom. The van der Waals surface area contributed by atoms with Crippen LogP contribution in [0.4, 0.5) is 0 Å². The molecule has 0 aromatic heterocycles. The zero-order chi connectivity index (χ0) is 11.6. The lowest BCUT2D eigenvalue weighted by Gasteiger charge is -2.40. The number of carbonyl (C=O) groups excluding carboxylic acids is 1. The zero-order valence-corrected chi connectivity index (χ0v) is 9.86. The van der Waals surface area contributed by atoms with Crippen molar-refractivity contribution in [3.05, 3.63) is 0 Å². The Labute approximate surface area is 91.0 Å². The minimum atomic E-state index is -0.606. The van der Waals surface area contributed by atoms with Gasteiger partial charge in [-0.15, -0.1) is 0 Å². The summed E-state index contributed by atoms with van der Waals surface area (Å²) in [6, 6.07) is -0.182. The summed E-state index contributed by atoms with van der Waals surface area (Å²) < 4.78 is 5.67. The predicted octanol–water partition coefficient (Wildman–Crippen LogP) is 0.685. The van der Waals surface area contributed by atoms with E-state index in [-0.39, 0.29) is 30.1 Å². The number of carbonyl (C=O) groups is 1. The van der Waals surface area contributed by atoms with E-state index < -0.39 is 6.10 Å². The van der Waals surface area contributed by atoms with Gasteiger partial charge >= 0.3 is 0 Å². The highest BCUT2D eigenvalue weighted by atomic mass is 16.5. The molecule has 88 valence electrons. The van der Waals surface area contributed by atoms with Crippen molar-refractivity contribution < 1.29 is 14.6 Å². The molecular formula is C11H21NO3. The fraction of sp³-hybridized carbons (Fsp3) is 0.909. The summed E-state index contributed by atoms with van der Waals surface area (Å²) >= 11 is 0. The number of hydrogen-bond donors (Lipinski definition) is 2. The van der Waals surface area contributed by atoms with Crippen LogP contribution in [0.1, 0.15) is 34.1 Å². The van der Waals surface area contributed by atoms with Crippen LogP contribution in [0.2, 0.25) is 0 Å². The number of ether oxygens (including phenoxy) is 1. The molecule has 1 aliphatic rings. The minimum absolute atomic E-state index is 0.0812. The van der Waals surface area contributed by atoms with E-state index in [0.717, 1.165) is 0 Å². The maximum Gasteiger partial charge on any atom is 0.217 e. The molecule has 0 radical (unpaired) electrons. The van der Waals surface area contributed by atoms with Crippen LogP contribution in [0.5, 0.6) is 0 Å². The number of aliphatic hydroxyl groups is 1. The first-order valence-electron chi connectivity index (χ1n) is 5.52. The van der Waals surface area contributed by atoms with Gasteiger partial charge in [-0.2, -0.15) is 0 Å². The largest absolute Gasteiger partial charge is 0.388 e. The molecule has 1 amide bonds. The van der Waals surface area contributed by atoms with Crippen molar-refractivity contribution >= 4 is 5.91 Å². The average molecular weight is 215 g/mol. The number of hydrogen-bond acceptors (Lipinski definition) is 3. The molecule has 0 aliphatic carbocycles. The van der Waals surface area contributed by atoms with Crippen molar-refractivity contribution in [2.24, 2.45) is 5.92 Å². The molecule has 4 heteroatoms. The Hall–Kier alpha value is -0.610. The van der Waals surface area contributed by atoms with Gasteiger partial charge < -0.3 is 15.2 Å². The molecule has 0 spiro atoms. The average Bonchev–Trinajstić information content (AvgIpc) is 2.09. The van der Waals surface area contributed by atoms with Gasteiger partial charge in [0.25, 0.3) is 0 Å². The highest BCUT2D eigenvalue weighted by Gasteiger charge is 2.37. The Morgan fingerprint density at radius 3 is 2.60 bits per heavy atom. The standard InChI is InChI=1S/C11H21NO3/c1-6(2)11-10(14)9(12-8(4)13)5-7(3)15-11/h6-7,9-11,14H,5H2,1-4H3,(H,12,13)/t7?,9?,10-,11+/m1/s1. The molecule has 1 saturated heterocycles. The summed E-state index contributed by atoms with van der Waals surface area (Å²) in [6.07, 6.45) is -0.0439. The molecule has 2 N–H and O–H groups in total. The van der Waals surface area contributed by atoms with E-state index in [1.165, 1.54) is 6.92 Å². The van der Waals surface area contributed by atoms with E-state index in [0.29, 0.717) is 6.42 Å².